The van der Waals surface area contributed by atoms with E-state index in [9.17, 15) is 43.8 Å². The molecule has 0 aromatic heterocycles. The van der Waals surface area contributed by atoms with Gasteiger partial charge >= 0.3 is 0 Å². The first-order chi connectivity index (χ1) is 22.6. The van der Waals surface area contributed by atoms with Gasteiger partial charge in [0.15, 0.2) is 5.96 Å². The molecule has 0 fully saturated rings. The van der Waals surface area contributed by atoms with Crippen LogP contribution in [0.3, 0.4) is 0 Å². The Bertz CT molecular complexity index is 1190. The fourth-order valence-corrected chi connectivity index (χ4v) is 4.50. The van der Waals surface area contributed by atoms with E-state index in [1.807, 2.05) is 0 Å². The van der Waals surface area contributed by atoms with Crippen LogP contribution in [0.2, 0.25) is 0 Å². The minimum Gasteiger partial charge on any atom is -0.394 e. The van der Waals surface area contributed by atoms with E-state index in [2.05, 4.69) is 36.9 Å². The van der Waals surface area contributed by atoms with Crippen molar-refractivity contribution in [3.8, 4) is 0 Å². The van der Waals surface area contributed by atoms with Gasteiger partial charge in [0.25, 0.3) is 0 Å². The van der Waals surface area contributed by atoms with Gasteiger partial charge in [-0.15, -0.1) is 0 Å². The molecular weight excluding hydrogens is 644 g/mol. The highest BCUT2D eigenvalue weighted by Gasteiger charge is 2.36. The van der Waals surface area contributed by atoms with Gasteiger partial charge in [-0.1, -0.05) is 41.5 Å². The number of nitrogens with two attached hydrogens (primary N) is 3. The first-order valence-corrected chi connectivity index (χ1v) is 16.1. The Kier molecular flexibility index (Phi) is 19.5. The van der Waals surface area contributed by atoms with Crippen molar-refractivity contribution < 1.29 is 43.8 Å². The first-order valence-electron chi connectivity index (χ1n) is 16.1. The number of nitrogens with one attached hydrogen (secondary N) is 6. The summed E-state index contributed by atoms with van der Waals surface area (Å²) in [6.45, 7) is 11.7. The van der Waals surface area contributed by atoms with E-state index in [1.165, 1.54) is 13.8 Å². The molecule has 0 aliphatic heterocycles. The molecule has 0 aliphatic carbocycles. The quantitative estimate of drug-likeness (QED) is 0.0310. The van der Waals surface area contributed by atoms with E-state index in [0.717, 1.165) is 0 Å². The molecule has 49 heavy (non-hydrogen) atoms. The van der Waals surface area contributed by atoms with E-state index < -0.39 is 108 Å². The minimum atomic E-state index is -1.44. The zero-order chi connectivity index (χ0) is 38.2. The number of rotatable bonds is 21. The van der Waals surface area contributed by atoms with E-state index in [0.29, 0.717) is 0 Å². The first kappa shape index (κ1) is 44.5. The Morgan fingerprint density at radius 3 is 1.33 bits per heavy atom. The summed E-state index contributed by atoms with van der Waals surface area (Å²) in [6.07, 6.45) is -1.10. The molecule has 0 spiro atoms. The second-order valence-electron chi connectivity index (χ2n) is 12.8. The molecule has 0 bridgehead atoms. The van der Waals surface area contributed by atoms with E-state index >= 15 is 0 Å². The van der Waals surface area contributed by atoms with E-state index in [1.54, 1.807) is 41.5 Å². The maximum absolute atomic E-state index is 13.5. The van der Waals surface area contributed by atoms with Gasteiger partial charge in [-0.2, -0.15) is 0 Å². The monoisotopic (exact) mass is 700 g/mol. The third kappa shape index (κ3) is 16.0. The maximum atomic E-state index is 13.5. The molecule has 0 aromatic rings. The predicted molar refractivity (Wildman–Crippen MR) is 180 cm³/mol. The van der Waals surface area contributed by atoms with Crippen LogP contribution in [-0.2, 0) is 33.6 Å². The van der Waals surface area contributed by atoms with Gasteiger partial charge in [0, 0.05) is 13.5 Å². The molecule has 0 aromatic carbocycles. The van der Waals surface area contributed by atoms with Crippen LogP contribution >= 0.6 is 0 Å². The number of nitrogens with zero attached hydrogens (tertiary/aromatic N) is 1. The Hall–Kier alpha value is -4.52. The summed E-state index contributed by atoms with van der Waals surface area (Å²) in [5.74, 6) is -7.05. The van der Waals surface area contributed by atoms with Gasteiger partial charge in [-0.3, -0.25) is 38.6 Å². The number of hydrogen-bond acceptors (Lipinski definition) is 10. The molecule has 19 heteroatoms. The predicted octanol–water partition coefficient (Wildman–Crippen LogP) is -4.20. The van der Waals surface area contributed by atoms with Crippen LogP contribution in [0.1, 0.15) is 68.2 Å². The van der Waals surface area contributed by atoms with Gasteiger partial charge in [0.1, 0.15) is 36.3 Å². The molecule has 7 atom stereocenters. The molecule has 0 heterocycles. The SMILES string of the molecule is CC(=O)N[C@@H](CO)C(=O)N[C@H](C(=O)N[C@H](C(=O)N[C@H](C(=O)N[C@@H](CCCN=C(N)N)C(=O)N[C@H](C(N)=O)[C@@H](C)O)C(C)C)C(C)C)C(C)C. The Morgan fingerprint density at radius 2 is 0.980 bits per heavy atom. The molecule has 19 nitrogen and oxygen atoms in total. The van der Waals surface area contributed by atoms with Gasteiger partial charge in [0.05, 0.1) is 12.7 Å². The molecule has 0 unspecified atom stereocenters. The van der Waals surface area contributed by atoms with E-state index in [-0.39, 0.29) is 25.3 Å². The zero-order valence-electron chi connectivity index (χ0n) is 29.5. The van der Waals surface area contributed by atoms with Gasteiger partial charge in [0.2, 0.25) is 41.4 Å². The summed E-state index contributed by atoms with van der Waals surface area (Å²) >= 11 is 0. The summed E-state index contributed by atoms with van der Waals surface area (Å²) in [6, 6.07) is -7.53. The molecule has 0 aliphatic rings. The lowest BCUT2D eigenvalue weighted by atomic mass is 9.97. The Balaban J connectivity index is 6.05. The fraction of sp³-hybridized carbons (Fsp3) is 0.733. The van der Waals surface area contributed by atoms with Crippen LogP contribution in [0.5, 0.6) is 0 Å². The highest BCUT2D eigenvalue weighted by atomic mass is 16.3. The van der Waals surface area contributed by atoms with Crippen LogP contribution in [-0.4, -0.2) is 113 Å². The third-order valence-corrected chi connectivity index (χ3v) is 7.28. The molecule has 0 rings (SSSR count). The van der Waals surface area contributed by atoms with Gasteiger partial charge < -0.3 is 59.3 Å². The standard InChI is InChI=1S/C30H56N10O9/c1-13(2)20(27(47)36-18(10-9-11-34-30(32)33)25(45)40-23(16(7)42)24(31)44)38-29(49)22(15(5)6)39-28(48)21(14(3)4)37-26(46)19(12-41)35-17(8)43/h13-16,18-23,41-42H,9-12H2,1-8H3,(H2,31,44)(H,35,43)(H,36,47)(H,37,46)(H,38,49)(H,39,48)(H,40,45)(H4,32,33,34)/t16-,18+,19+,20+,21+,22+,23+/m1/s1. The number of aliphatic hydroxyl groups excluding tert-OH is 2. The summed E-state index contributed by atoms with van der Waals surface area (Å²) in [7, 11) is 0. The van der Waals surface area contributed by atoms with Crippen molar-refractivity contribution in [1.82, 2.24) is 31.9 Å². The van der Waals surface area contributed by atoms with Crippen molar-refractivity contribution in [2.24, 2.45) is 39.9 Å². The van der Waals surface area contributed by atoms with Crippen molar-refractivity contribution in [1.29, 1.82) is 0 Å². The Labute approximate surface area is 286 Å². The smallest absolute Gasteiger partial charge is 0.245 e. The fourth-order valence-electron chi connectivity index (χ4n) is 4.50. The van der Waals surface area contributed by atoms with Crippen LogP contribution in [0, 0.1) is 17.8 Å². The summed E-state index contributed by atoms with van der Waals surface area (Å²) in [4.78, 5) is 93.3. The van der Waals surface area contributed by atoms with Gasteiger partial charge in [-0.05, 0) is 37.5 Å². The van der Waals surface area contributed by atoms with Crippen LogP contribution in [0.4, 0.5) is 0 Å². The molecule has 0 saturated carbocycles. The number of guanidine groups is 1. The van der Waals surface area contributed by atoms with Crippen LogP contribution in [0.15, 0.2) is 4.99 Å². The second kappa shape index (κ2) is 21.5. The average molecular weight is 701 g/mol. The number of carbonyl (C=O) groups excluding carboxylic acids is 7. The highest BCUT2D eigenvalue weighted by molar-refractivity contribution is 5.97. The molecule has 280 valence electrons. The minimum absolute atomic E-state index is 0.00443. The van der Waals surface area contributed by atoms with Crippen molar-refractivity contribution >= 4 is 47.3 Å². The molecule has 14 N–H and O–H groups in total. The van der Waals surface area contributed by atoms with Crippen molar-refractivity contribution in [2.45, 2.75) is 111 Å². The number of carbonyl (C=O) groups is 7. The zero-order valence-corrected chi connectivity index (χ0v) is 29.5. The summed E-state index contributed by atoms with van der Waals surface area (Å²) < 4.78 is 0. The third-order valence-electron chi connectivity index (χ3n) is 7.28. The topological polar surface area (TPSA) is 323 Å². The summed E-state index contributed by atoms with van der Waals surface area (Å²) in [5, 5.41) is 34.3. The highest BCUT2D eigenvalue weighted by Crippen LogP contribution is 2.11. The number of primary amides is 1. The normalized spacial score (nSPS) is 15.4. The second-order valence-corrected chi connectivity index (χ2v) is 12.8. The lowest BCUT2D eigenvalue weighted by molar-refractivity contribution is -0.137. The lowest BCUT2D eigenvalue weighted by Gasteiger charge is -2.30. The number of amides is 7. The van der Waals surface area contributed by atoms with Crippen molar-refractivity contribution in [3.05, 3.63) is 0 Å². The lowest BCUT2D eigenvalue weighted by Crippen LogP contribution is -2.62. The van der Waals surface area contributed by atoms with E-state index in [4.69, 9.17) is 17.2 Å². The largest absolute Gasteiger partial charge is 0.394 e. The van der Waals surface area contributed by atoms with Crippen molar-refractivity contribution in [2.75, 3.05) is 13.2 Å². The maximum Gasteiger partial charge on any atom is 0.245 e. The summed E-state index contributed by atoms with van der Waals surface area (Å²) in [5.41, 5.74) is 16.0. The molecular formula is C30H56N10O9. The Morgan fingerprint density at radius 1 is 0.592 bits per heavy atom. The van der Waals surface area contributed by atoms with Crippen LogP contribution < -0.4 is 49.1 Å². The van der Waals surface area contributed by atoms with Gasteiger partial charge in [-0.25, -0.2) is 0 Å². The number of aliphatic imine (C=N–C) groups is 1. The number of hydrogen-bond donors (Lipinski definition) is 11. The molecule has 0 saturated heterocycles. The molecule has 7 amide bonds. The molecule has 0 radical (unpaired) electrons. The number of aliphatic hydroxyl groups is 2. The van der Waals surface area contributed by atoms with Crippen LogP contribution in [0.25, 0.3) is 0 Å². The average Bonchev–Trinajstić information content (AvgIpc) is 2.98. The van der Waals surface area contributed by atoms with Crippen molar-refractivity contribution in [3.63, 3.8) is 0 Å².